The van der Waals surface area contributed by atoms with Crippen LogP contribution in [0.5, 0.6) is 0 Å². The number of halogens is 6. The fraction of sp³-hybridized carbons (Fsp3) is 0.333. The topological polar surface area (TPSA) is 66.8 Å². The third-order valence-electron chi connectivity index (χ3n) is 6.51. The third-order valence-corrected chi connectivity index (χ3v) is 6.51. The summed E-state index contributed by atoms with van der Waals surface area (Å²) in [4.78, 5) is 19.7. The van der Waals surface area contributed by atoms with Gasteiger partial charge in [-0.05, 0) is 68.4 Å². The molecule has 0 amide bonds. The van der Waals surface area contributed by atoms with Crippen LogP contribution in [0.15, 0.2) is 54.9 Å². The summed E-state index contributed by atoms with van der Waals surface area (Å²) in [6, 6.07) is 8.12. The van der Waals surface area contributed by atoms with Crippen LogP contribution in [-0.2, 0) is 18.9 Å². The van der Waals surface area contributed by atoms with Crippen molar-refractivity contribution < 1.29 is 26.3 Å². The Morgan fingerprint density at radius 2 is 1.54 bits per heavy atom. The maximum atomic E-state index is 13.6. The van der Waals surface area contributed by atoms with Gasteiger partial charge >= 0.3 is 12.4 Å². The van der Waals surface area contributed by atoms with Crippen molar-refractivity contribution >= 4 is 22.5 Å². The lowest BCUT2D eigenvalue weighted by Crippen LogP contribution is -2.25. The molecule has 0 unspecified atom stereocenters. The first-order valence-corrected chi connectivity index (χ1v) is 12.4. The van der Waals surface area contributed by atoms with Crippen LogP contribution in [0.2, 0.25) is 0 Å². The van der Waals surface area contributed by atoms with Gasteiger partial charge in [0.25, 0.3) is 0 Å². The summed E-state index contributed by atoms with van der Waals surface area (Å²) in [7, 11) is 0. The van der Waals surface area contributed by atoms with E-state index >= 15 is 0 Å². The van der Waals surface area contributed by atoms with E-state index in [1.807, 2.05) is 0 Å². The fourth-order valence-corrected chi connectivity index (χ4v) is 4.59. The summed E-state index contributed by atoms with van der Waals surface area (Å²) >= 11 is 0. The molecule has 0 bridgehead atoms. The van der Waals surface area contributed by atoms with Gasteiger partial charge in [-0.2, -0.15) is 26.3 Å². The van der Waals surface area contributed by atoms with Gasteiger partial charge in [0.2, 0.25) is 0 Å². The minimum absolute atomic E-state index is 0.135. The molecule has 4 heterocycles. The zero-order chi connectivity index (χ0) is 27.6. The molecular weight excluding hydrogens is 522 g/mol. The Labute approximate surface area is 220 Å². The van der Waals surface area contributed by atoms with Crippen molar-refractivity contribution in [2.45, 2.75) is 44.6 Å². The van der Waals surface area contributed by atoms with Crippen LogP contribution in [0.4, 0.5) is 37.8 Å². The predicted molar refractivity (Wildman–Crippen MR) is 134 cm³/mol. The third kappa shape index (κ3) is 6.27. The van der Waals surface area contributed by atoms with Crippen molar-refractivity contribution in [1.82, 2.24) is 24.8 Å². The predicted octanol–water partition coefficient (Wildman–Crippen LogP) is 7.24. The molecule has 5 rings (SSSR count). The average Bonchev–Trinajstić information content (AvgIpc) is 3.16. The first kappa shape index (κ1) is 26.8. The summed E-state index contributed by atoms with van der Waals surface area (Å²) in [5.74, 6) is 0.669. The molecule has 0 radical (unpaired) electrons. The lowest BCUT2D eigenvalue weighted by Gasteiger charge is -2.19. The second kappa shape index (κ2) is 10.8. The van der Waals surface area contributed by atoms with Crippen molar-refractivity contribution in [1.29, 1.82) is 0 Å². The molecule has 1 saturated heterocycles. The molecule has 1 aliphatic heterocycles. The number of rotatable bonds is 5. The van der Waals surface area contributed by atoms with E-state index in [-0.39, 0.29) is 22.6 Å². The highest BCUT2D eigenvalue weighted by molar-refractivity contribution is 5.89. The van der Waals surface area contributed by atoms with Crippen LogP contribution >= 0.6 is 0 Å². The zero-order valence-electron chi connectivity index (χ0n) is 20.6. The highest BCUT2D eigenvalue weighted by Crippen LogP contribution is 2.37. The molecular formula is C27H24F6N6. The van der Waals surface area contributed by atoms with Gasteiger partial charge < -0.3 is 5.32 Å². The van der Waals surface area contributed by atoms with Crippen LogP contribution in [-0.4, -0.2) is 37.9 Å². The average molecular weight is 547 g/mol. The molecule has 6 nitrogen and oxygen atoms in total. The number of nitrogens with one attached hydrogen (secondary N) is 1. The number of benzene rings is 1. The van der Waals surface area contributed by atoms with Gasteiger partial charge in [-0.15, -0.1) is 0 Å². The van der Waals surface area contributed by atoms with Gasteiger partial charge in [0.1, 0.15) is 11.3 Å². The molecule has 12 heteroatoms. The minimum atomic E-state index is -4.61. The van der Waals surface area contributed by atoms with E-state index in [0.29, 0.717) is 23.6 Å². The van der Waals surface area contributed by atoms with E-state index in [1.165, 1.54) is 36.7 Å². The summed E-state index contributed by atoms with van der Waals surface area (Å²) in [5.41, 5.74) is -0.921. The summed E-state index contributed by atoms with van der Waals surface area (Å²) in [6.07, 6.45) is -2.21. The highest BCUT2D eigenvalue weighted by Gasteiger charge is 2.34. The molecule has 1 aromatic carbocycles. The van der Waals surface area contributed by atoms with Crippen LogP contribution in [0, 0.1) is 0 Å². The van der Waals surface area contributed by atoms with Gasteiger partial charge in [0.05, 0.1) is 28.9 Å². The Hall–Kier alpha value is -3.80. The smallest absolute Gasteiger partial charge is 0.338 e. The molecule has 204 valence electrons. The number of hydrogen-bond acceptors (Lipinski definition) is 6. The van der Waals surface area contributed by atoms with Crippen LogP contribution in [0.3, 0.4) is 0 Å². The lowest BCUT2D eigenvalue weighted by atomic mass is 10.1. The van der Waals surface area contributed by atoms with Crippen LogP contribution < -0.4 is 5.32 Å². The normalized spacial score (nSPS) is 15.3. The molecule has 1 aliphatic rings. The van der Waals surface area contributed by atoms with Crippen LogP contribution in [0.1, 0.15) is 42.6 Å². The summed E-state index contributed by atoms with van der Waals surface area (Å²) in [6.45, 7) is 2.15. The van der Waals surface area contributed by atoms with Crippen molar-refractivity contribution in [3.8, 4) is 11.3 Å². The Kier molecular flexibility index (Phi) is 7.39. The van der Waals surface area contributed by atoms with Gasteiger partial charge in [0, 0.05) is 23.6 Å². The van der Waals surface area contributed by atoms with Crippen LogP contribution in [0.25, 0.3) is 22.3 Å². The number of nitrogens with zero attached hydrogens (tertiary/aromatic N) is 5. The molecule has 0 aliphatic carbocycles. The Bertz CT molecular complexity index is 1440. The molecule has 0 spiro atoms. The molecule has 4 aromatic rings. The van der Waals surface area contributed by atoms with Crippen molar-refractivity contribution in [2.24, 2.45) is 0 Å². The minimum Gasteiger partial charge on any atom is -0.338 e. The molecule has 0 saturated carbocycles. The van der Waals surface area contributed by atoms with E-state index in [2.05, 4.69) is 30.2 Å². The standard InChI is InChI=1S/C27H24F6N6/c28-26(29,30)18-7-9-19(10-8-18)36-25-24-21(37-22(38-25)16-39-12-3-1-2-4-13-39)14-17(15-35-24)23-20(27(31,32)33)6-5-11-34-23/h5-11,14-15H,1-4,12-13,16H2,(H,36,37,38). The van der Waals surface area contributed by atoms with E-state index in [4.69, 9.17) is 0 Å². The van der Waals surface area contributed by atoms with Gasteiger partial charge in [0.15, 0.2) is 5.82 Å². The van der Waals surface area contributed by atoms with Crippen molar-refractivity contribution in [2.75, 3.05) is 18.4 Å². The molecule has 39 heavy (non-hydrogen) atoms. The number of pyridine rings is 2. The first-order valence-electron chi connectivity index (χ1n) is 12.4. The van der Waals surface area contributed by atoms with Gasteiger partial charge in [-0.3, -0.25) is 9.88 Å². The fourth-order valence-electron chi connectivity index (χ4n) is 4.59. The van der Waals surface area contributed by atoms with E-state index in [9.17, 15) is 26.3 Å². The second-order valence-electron chi connectivity index (χ2n) is 9.37. The van der Waals surface area contributed by atoms with E-state index in [0.717, 1.165) is 57.0 Å². The number of likely N-dealkylation sites (tertiary alicyclic amines) is 1. The monoisotopic (exact) mass is 546 g/mol. The van der Waals surface area contributed by atoms with Gasteiger partial charge in [-0.25, -0.2) is 15.0 Å². The lowest BCUT2D eigenvalue weighted by molar-refractivity contribution is -0.138. The van der Waals surface area contributed by atoms with Crippen molar-refractivity contribution in [3.63, 3.8) is 0 Å². The van der Waals surface area contributed by atoms with Gasteiger partial charge in [-0.1, -0.05) is 12.8 Å². The Morgan fingerprint density at radius 1 is 0.821 bits per heavy atom. The molecule has 1 fully saturated rings. The second-order valence-corrected chi connectivity index (χ2v) is 9.37. The first-order chi connectivity index (χ1) is 18.6. The van der Waals surface area contributed by atoms with E-state index in [1.54, 1.807) is 0 Å². The molecule has 0 atom stereocenters. The van der Waals surface area contributed by atoms with Crippen molar-refractivity contribution in [3.05, 3.63) is 71.8 Å². The number of fused-ring (bicyclic) bond motifs is 1. The van der Waals surface area contributed by atoms with E-state index < -0.39 is 23.5 Å². The molecule has 1 N–H and O–H groups in total. The number of aromatic nitrogens is 4. The Balaban J connectivity index is 1.56. The zero-order valence-corrected chi connectivity index (χ0v) is 20.6. The largest absolute Gasteiger partial charge is 0.418 e. The quantitative estimate of drug-likeness (QED) is 0.266. The molecule has 3 aromatic heterocycles. The number of alkyl halides is 6. The highest BCUT2D eigenvalue weighted by atomic mass is 19.4. The maximum Gasteiger partial charge on any atom is 0.418 e. The summed E-state index contributed by atoms with van der Waals surface area (Å²) in [5, 5.41) is 3.02. The Morgan fingerprint density at radius 3 is 2.21 bits per heavy atom. The number of hydrogen-bond donors (Lipinski definition) is 1. The summed E-state index contributed by atoms with van der Waals surface area (Å²) < 4.78 is 80.0. The SMILES string of the molecule is FC(F)(F)c1ccc(Nc2nc(CN3CCCCCC3)nc3cc(-c4ncccc4C(F)(F)F)cnc23)cc1. The number of anilines is 2. The maximum absolute atomic E-state index is 13.6.